The Kier molecular flexibility index (Phi) is 4.58. The smallest absolute Gasteiger partial charge is 0.305 e. The average Bonchev–Trinajstić information content (AvgIpc) is 2.01. The van der Waals surface area contributed by atoms with Crippen molar-refractivity contribution in [1.29, 1.82) is 0 Å². The van der Waals surface area contributed by atoms with Gasteiger partial charge in [-0.05, 0) is 26.7 Å². The van der Waals surface area contributed by atoms with Gasteiger partial charge in [0.2, 0.25) is 0 Å². The van der Waals surface area contributed by atoms with Crippen LogP contribution in [0.15, 0.2) is 0 Å². The third-order valence-electron chi connectivity index (χ3n) is 2.39. The first kappa shape index (κ1) is 13.4. The Labute approximate surface area is 85.6 Å². The molecular weight excluding hydrogens is 204 g/mol. The highest BCUT2D eigenvalue weighted by Crippen LogP contribution is 2.22. The van der Waals surface area contributed by atoms with Crippen LogP contribution in [0, 0.1) is 0 Å². The Morgan fingerprint density at radius 1 is 1.36 bits per heavy atom. The summed E-state index contributed by atoms with van der Waals surface area (Å²) in [5, 5.41) is 0. The molecule has 0 aliphatic rings. The van der Waals surface area contributed by atoms with E-state index in [9.17, 15) is 13.2 Å². The second kappa shape index (κ2) is 4.77. The summed E-state index contributed by atoms with van der Waals surface area (Å²) >= 11 is 0. The first-order chi connectivity index (χ1) is 6.20. The van der Waals surface area contributed by atoms with Gasteiger partial charge in [0.25, 0.3) is 0 Å². The van der Waals surface area contributed by atoms with Crippen LogP contribution in [0.25, 0.3) is 0 Å². The second-order valence-corrected chi connectivity index (χ2v) is 6.61. The van der Waals surface area contributed by atoms with Gasteiger partial charge < -0.3 is 4.74 Å². The molecule has 0 aromatic heterocycles. The molecule has 5 heteroatoms. The van der Waals surface area contributed by atoms with E-state index in [4.69, 9.17) is 0 Å². The molecule has 0 spiro atoms. The van der Waals surface area contributed by atoms with Crippen molar-refractivity contribution in [2.75, 3.05) is 13.4 Å². The molecule has 0 saturated heterocycles. The van der Waals surface area contributed by atoms with Crippen molar-refractivity contribution < 1.29 is 17.9 Å². The fraction of sp³-hybridized carbons (Fsp3) is 0.889. The number of carbonyl (C=O) groups excluding carboxylic acids is 1. The predicted octanol–water partition coefficient (Wildman–Crippen LogP) is 1.15. The minimum Gasteiger partial charge on any atom is -0.469 e. The fourth-order valence-corrected chi connectivity index (χ4v) is 1.46. The normalized spacial score (nSPS) is 12.6. The number of hydrogen-bond donors (Lipinski definition) is 0. The van der Waals surface area contributed by atoms with Gasteiger partial charge in [0.1, 0.15) is 0 Å². The molecule has 0 aliphatic carbocycles. The molecule has 0 heterocycles. The largest absolute Gasteiger partial charge is 0.469 e. The maximum atomic E-state index is 11.3. The Morgan fingerprint density at radius 3 is 2.21 bits per heavy atom. The van der Waals surface area contributed by atoms with Gasteiger partial charge in [-0.25, -0.2) is 8.42 Å². The third-order valence-corrected chi connectivity index (χ3v) is 4.60. The van der Waals surface area contributed by atoms with E-state index in [0.29, 0.717) is 12.8 Å². The molecule has 0 fully saturated rings. The molecule has 0 unspecified atom stereocenters. The van der Waals surface area contributed by atoms with E-state index in [1.165, 1.54) is 13.4 Å². The van der Waals surface area contributed by atoms with E-state index >= 15 is 0 Å². The lowest BCUT2D eigenvalue weighted by molar-refractivity contribution is -0.140. The van der Waals surface area contributed by atoms with Crippen LogP contribution in [0.3, 0.4) is 0 Å². The lowest BCUT2D eigenvalue weighted by atomic mass is 10.1. The maximum absolute atomic E-state index is 11.3. The van der Waals surface area contributed by atoms with E-state index < -0.39 is 14.6 Å². The molecule has 0 amide bonds. The van der Waals surface area contributed by atoms with Crippen LogP contribution in [-0.2, 0) is 19.4 Å². The van der Waals surface area contributed by atoms with E-state index in [-0.39, 0.29) is 12.4 Å². The van der Waals surface area contributed by atoms with Crippen molar-refractivity contribution in [3.05, 3.63) is 0 Å². The van der Waals surface area contributed by atoms with Crippen LogP contribution in [-0.4, -0.2) is 32.5 Å². The van der Waals surface area contributed by atoms with Gasteiger partial charge in [0.15, 0.2) is 9.84 Å². The van der Waals surface area contributed by atoms with Crippen LogP contribution in [0.1, 0.15) is 33.1 Å². The molecule has 14 heavy (non-hydrogen) atoms. The van der Waals surface area contributed by atoms with Crippen LogP contribution in [0.5, 0.6) is 0 Å². The third kappa shape index (κ3) is 4.09. The van der Waals surface area contributed by atoms with Gasteiger partial charge in [-0.1, -0.05) is 0 Å². The number of rotatable bonds is 5. The standard InChI is InChI=1S/C9H18O4S/c1-9(2,14(4,11)12)7-5-6-8(10)13-3/h5-7H2,1-4H3. The first-order valence-electron chi connectivity index (χ1n) is 4.47. The summed E-state index contributed by atoms with van der Waals surface area (Å²) in [6, 6.07) is 0. The predicted molar refractivity (Wildman–Crippen MR) is 54.8 cm³/mol. The summed E-state index contributed by atoms with van der Waals surface area (Å²) in [6.07, 6.45) is 2.49. The van der Waals surface area contributed by atoms with Crippen molar-refractivity contribution in [3.63, 3.8) is 0 Å². The lowest BCUT2D eigenvalue weighted by Gasteiger charge is -2.21. The van der Waals surface area contributed by atoms with E-state index in [2.05, 4.69) is 4.74 Å². The number of hydrogen-bond acceptors (Lipinski definition) is 4. The van der Waals surface area contributed by atoms with Crippen LogP contribution in [0.2, 0.25) is 0 Å². The Bertz CT molecular complexity index is 290. The average molecular weight is 222 g/mol. The van der Waals surface area contributed by atoms with Gasteiger partial charge in [-0.2, -0.15) is 0 Å². The Balaban J connectivity index is 4.08. The van der Waals surface area contributed by atoms with Gasteiger partial charge in [0.05, 0.1) is 11.9 Å². The molecule has 0 N–H and O–H groups in total. The molecule has 84 valence electrons. The highest BCUT2D eigenvalue weighted by Gasteiger charge is 2.29. The molecular formula is C9H18O4S. The molecule has 0 atom stereocenters. The zero-order valence-electron chi connectivity index (χ0n) is 9.16. The monoisotopic (exact) mass is 222 g/mol. The SMILES string of the molecule is COC(=O)CCCC(C)(C)S(C)(=O)=O. The summed E-state index contributed by atoms with van der Waals surface area (Å²) in [7, 11) is -1.74. The van der Waals surface area contributed by atoms with Gasteiger partial charge in [-0.15, -0.1) is 0 Å². The second-order valence-electron chi connectivity index (χ2n) is 3.96. The minimum atomic E-state index is -3.06. The quantitative estimate of drug-likeness (QED) is 0.655. The van der Waals surface area contributed by atoms with Gasteiger partial charge in [-0.3, -0.25) is 4.79 Å². The minimum absolute atomic E-state index is 0.273. The lowest BCUT2D eigenvalue weighted by Crippen LogP contribution is -2.30. The summed E-state index contributed by atoms with van der Waals surface area (Å²) in [5.74, 6) is -0.297. The summed E-state index contributed by atoms with van der Waals surface area (Å²) in [5.41, 5.74) is 0. The molecule has 0 saturated carbocycles. The first-order valence-corrected chi connectivity index (χ1v) is 6.36. The molecule has 0 aromatic rings. The van der Waals surface area contributed by atoms with E-state index in [1.807, 2.05) is 0 Å². The summed E-state index contributed by atoms with van der Waals surface area (Å²) in [4.78, 5) is 10.8. The molecule has 4 nitrogen and oxygen atoms in total. The molecule has 0 radical (unpaired) electrons. The number of sulfone groups is 1. The van der Waals surface area contributed by atoms with Crippen molar-refractivity contribution in [1.82, 2.24) is 0 Å². The Hall–Kier alpha value is -0.580. The number of ether oxygens (including phenoxy) is 1. The zero-order valence-corrected chi connectivity index (χ0v) is 9.98. The molecule has 0 aromatic carbocycles. The van der Waals surface area contributed by atoms with Gasteiger partial charge in [0, 0.05) is 12.7 Å². The van der Waals surface area contributed by atoms with Crippen LogP contribution < -0.4 is 0 Å². The zero-order chi connectivity index (χ0) is 11.4. The van der Waals surface area contributed by atoms with Crippen LogP contribution >= 0.6 is 0 Å². The Morgan fingerprint density at radius 2 is 1.86 bits per heavy atom. The maximum Gasteiger partial charge on any atom is 0.305 e. The molecule has 0 bridgehead atoms. The van der Waals surface area contributed by atoms with Gasteiger partial charge >= 0.3 is 5.97 Å². The van der Waals surface area contributed by atoms with Crippen molar-refractivity contribution >= 4 is 15.8 Å². The highest BCUT2D eigenvalue weighted by molar-refractivity contribution is 7.92. The molecule has 0 rings (SSSR count). The molecule has 0 aliphatic heterocycles. The van der Waals surface area contributed by atoms with Crippen LogP contribution in [0.4, 0.5) is 0 Å². The van der Waals surface area contributed by atoms with E-state index in [1.54, 1.807) is 13.8 Å². The highest BCUT2D eigenvalue weighted by atomic mass is 32.2. The van der Waals surface area contributed by atoms with E-state index in [0.717, 1.165) is 0 Å². The van der Waals surface area contributed by atoms with Crippen molar-refractivity contribution in [3.8, 4) is 0 Å². The summed E-state index contributed by atoms with van der Waals surface area (Å²) in [6.45, 7) is 3.33. The number of esters is 1. The summed E-state index contributed by atoms with van der Waals surface area (Å²) < 4.78 is 26.3. The van der Waals surface area contributed by atoms with Crippen molar-refractivity contribution in [2.45, 2.75) is 37.9 Å². The fourth-order valence-electron chi connectivity index (χ4n) is 0.946. The number of methoxy groups -OCH3 is 1. The topological polar surface area (TPSA) is 60.4 Å². The number of carbonyl (C=O) groups is 1. The van der Waals surface area contributed by atoms with Crippen molar-refractivity contribution in [2.24, 2.45) is 0 Å².